The summed E-state index contributed by atoms with van der Waals surface area (Å²) in [4.78, 5) is 2.73. The highest BCUT2D eigenvalue weighted by Gasteiger charge is 2.38. The van der Waals surface area contributed by atoms with E-state index < -0.39 is 0 Å². The van der Waals surface area contributed by atoms with Crippen molar-refractivity contribution in [1.82, 2.24) is 4.90 Å². The molecule has 30 heavy (non-hydrogen) atoms. The number of hydrogen-bond donors (Lipinski definition) is 0. The van der Waals surface area contributed by atoms with Crippen LogP contribution in [0, 0.1) is 0 Å². The Bertz CT molecular complexity index is 1140. The molecule has 0 saturated carbocycles. The smallest absolute Gasteiger partial charge is 0.0291 e. The summed E-state index contributed by atoms with van der Waals surface area (Å²) in [5, 5.41) is 0. The van der Waals surface area contributed by atoms with Crippen LogP contribution in [0.5, 0.6) is 0 Å². The first-order valence-corrected chi connectivity index (χ1v) is 11.4. The second-order valence-electron chi connectivity index (χ2n) is 9.78. The van der Waals surface area contributed by atoms with Crippen molar-refractivity contribution in [3.8, 4) is 11.1 Å². The molecule has 2 bridgehead atoms. The summed E-state index contributed by atoms with van der Waals surface area (Å²) in [6.45, 7) is 5.83. The van der Waals surface area contributed by atoms with Crippen LogP contribution in [-0.4, -0.2) is 17.0 Å². The van der Waals surface area contributed by atoms with Gasteiger partial charge in [-0.15, -0.1) is 0 Å². The minimum Gasteiger partial charge on any atom is -0.289 e. The lowest BCUT2D eigenvalue weighted by atomic mass is 9.81. The monoisotopic (exact) mass is 391 g/mol. The van der Waals surface area contributed by atoms with E-state index >= 15 is 0 Å². The summed E-state index contributed by atoms with van der Waals surface area (Å²) in [7, 11) is 0. The first kappa shape index (κ1) is 18.2. The lowest BCUT2D eigenvalue weighted by Gasteiger charge is -2.34. The van der Waals surface area contributed by atoms with Gasteiger partial charge in [-0.1, -0.05) is 86.7 Å². The van der Waals surface area contributed by atoms with Gasteiger partial charge in [0.1, 0.15) is 0 Å². The van der Waals surface area contributed by atoms with Crippen LogP contribution in [0.25, 0.3) is 16.7 Å². The van der Waals surface area contributed by atoms with Gasteiger partial charge in [0.05, 0.1) is 0 Å². The molecule has 0 spiro atoms. The maximum atomic E-state index is 2.73. The molecule has 150 valence electrons. The predicted molar refractivity (Wildman–Crippen MR) is 125 cm³/mol. The quantitative estimate of drug-likeness (QED) is 0.474. The predicted octanol–water partition coefficient (Wildman–Crippen LogP) is 6.81. The number of rotatable bonds is 3. The van der Waals surface area contributed by atoms with E-state index in [0.717, 1.165) is 6.54 Å². The average Bonchev–Trinajstić information content (AvgIpc) is 3.13. The van der Waals surface area contributed by atoms with Gasteiger partial charge < -0.3 is 0 Å². The summed E-state index contributed by atoms with van der Waals surface area (Å²) in [6.07, 6.45) is 6.36. The highest BCUT2D eigenvalue weighted by molar-refractivity contribution is 5.83. The van der Waals surface area contributed by atoms with Gasteiger partial charge in [0.25, 0.3) is 0 Å². The summed E-state index contributed by atoms with van der Waals surface area (Å²) in [6, 6.07) is 28.4. The van der Waals surface area contributed by atoms with E-state index in [9.17, 15) is 0 Å². The molecule has 1 aliphatic carbocycles. The molecule has 2 atom stereocenters. The third-order valence-electron chi connectivity index (χ3n) is 7.70. The van der Waals surface area contributed by atoms with Gasteiger partial charge in [-0.25, -0.2) is 0 Å². The molecule has 1 heteroatoms. The summed E-state index contributed by atoms with van der Waals surface area (Å²) >= 11 is 0. The Balaban J connectivity index is 1.33. The fraction of sp³-hybridized carbons (Fsp3) is 0.310. The minimum atomic E-state index is 0.0789. The van der Waals surface area contributed by atoms with Crippen LogP contribution in [0.4, 0.5) is 0 Å². The van der Waals surface area contributed by atoms with Crippen molar-refractivity contribution in [2.24, 2.45) is 0 Å². The van der Waals surface area contributed by atoms with Gasteiger partial charge >= 0.3 is 0 Å². The molecule has 3 aliphatic rings. The molecule has 1 saturated heterocycles. The van der Waals surface area contributed by atoms with Crippen molar-refractivity contribution in [2.45, 2.75) is 57.2 Å². The SMILES string of the molecule is CC1(C)c2ccccc2-c2ccc(C3=CC4CCC(C3)N4Cc3ccccc3)cc21. The van der Waals surface area contributed by atoms with Crippen molar-refractivity contribution in [1.29, 1.82) is 0 Å². The van der Waals surface area contributed by atoms with Gasteiger partial charge in [0, 0.05) is 24.0 Å². The molecule has 3 aromatic rings. The van der Waals surface area contributed by atoms with E-state index in [1.54, 1.807) is 5.57 Å². The summed E-state index contributed by atoms with van der Waals surface area (Å²) in [5.74, 6) is 0. The zero-order valence-electron chi connectivity index (χ0n) is 17.9. The molecule has 2 aliphatic heterocycles. The van der Waals surface area contributed by atoms with Crippen LogP contribution in [0.2, 0.25) is 0 Å². The normalized spacial score (nSPS) is 23.7. The van der Waals surface area contributed by atoms with Crippen molar-refractivity contribution in [3.05, 3.63) is 101 Å². The maximum absolute atomic E-state index is 2.73. The van der Waals surface area contributed by atoms with E-state index in [4.69, 9.17) is 0 Å². The largest absolute Gasteiger partial charge is 0.289 e. The van der Waals surface area contributed by atoms with Gasteiger partial charge in [-0.3, -0.25) is 4.90 Å². The van der Waals surface area contributed by atoms with Crippen molar-refractivity contribution in [2.75, 3.05) is 0 Å². The van der Waals surface area contributed by atoms with Gasteiger partial charge in [-0.05, 0) is 64.3 Å². The maximum Gasteiger partial charge on any atom is 0.0291 e. The number of fused-ring (bicyclic) bond motifs is 5. The molecule has 3 aromatic carbocycles. The minimum absolute atomic E-state index is 0.0789. The Morgan fingerprint density at radius 1 is 0.833 bits per heavy atom. The fourth-order valence-corrected chi connectivity index (χ4v) is 6.08. The molecular weight excluding hydrogens is 362 g/mol. The van der Waals surface area contributed by atoms with Crippen LogP contribution in [-0.2, 0) is 12.0 Å². The van der Waals surface area contributed by atoms with E-state index in [0.29, 0.717) is 12.1 Å². The highest BCUT2D eigenvalue weighted by atomic mass is 15.2. The van der Waals surface area contributed by atoms with Crippen LogP contribution in [0.1, 0.15) is 55.4 Å². The third-order valence-corrected chi connectivity index (χ3v) is 7.70. The molecule has 0 amide bonds. The average molecular weight is 392 g/mol. The van der Waals surface area contributed by atoms with Crippen LogP contribution in [0.15, 0.2) is 78.9 Å². The van der Waals surface area contributed by atoms with E-state index in [-0.39, 0.29) is 5.41 Å². The van der Waals surface area contributed by atoms with Crippen molar-refractivity contribution in [3.63, 3.8) is 0 Å². The Morgan fingerprint density at radius 2 is 1.60 bits per heavy atom. The first-order chi connectivity index (χ1) is 14.6. The second-order valence-corrected chi connectivity index (χ2v) is 9.78. The van der Waals surface area contributed by atoms with Crippen molar-refractivity contribution >= 4 is 5.57 Å². The Morgan fingerprint density at radius 3 is 2.43 bits per heavy atom. The molecule has 0 N–H and O–H groups in total. The third kappa shape index (κ3) is 2.72. The van der Waals surface area contributed by atoms with E-state index in [1.165, 1.54) is 52.6 Å². The molecule has 2 heterocycles. The van der Waals surface area contributed by atoms with Gasteiger partial charge in [-0.2, -0.15) is 0 Å². The molecule has 2 unspecified atom stereocenters. The zero-order chi connectivity index (χ0) is 20.3. The number of nitrogens with zero attached hydrogens (tertiary/aromatic N) is 1. The first-order valence-electron chi connectivity index (χ1n) is 11.4. The summed E-state index contributed by atoms with van der Waals surface area (Å²) < 4.78 is 0. The molecule has 1 nitrogen and oxygen atoms in total. The summed E-state index contributed by atoms with van der Waals surface area (Å²) in [5.41, 5.74) is 10.3. The number of hydrogen-bond acceptors (Lipinski definition) is 1. The van der Waals surface area contributed by atoms with Gasteiger partial charge in [0.15, 0.2) is 0 Å². The Hall–Kier alpha value is -2.64. The zero-order valence-corrected chi connectivity index (χ0v) is 17.9. The second kappa shape index (κ2) is 6.68. The molecular formula is C29H29N. The lowest BCUT2D eigenvalue weighted by molar-refractivity contribution is 0.203. The highest BCUT2D eigenvalue weighted by Crippen LogP contribution is 2.49. The van der Waals surface area contributed by atoms with Gasteiger partial charge in [0.2, 0.25) is 0 Å². The van der Waals surface area contributed by atoms with Crippen LogP contribution in [0.3, 0.4) is 0 Å². The van der Waals surface area contributed by atoms with Crippen LogP contribution >= 0.6 is 0 Å². The standard InChI is InChI=1S/C29H29N/c1-29(2)27-11-7-6-10-25(27)26-15-12-21(18-28(26)29)22-16-23-13-14-24(17-22)30(23)19-20-8-4-3-5-9-20/h3-12,15-16,18,23-24H,13-14,17,19H2,1-2H3. The van der Waals surface area contributed by atoms with E-state index in [1.807, 2.05) is 0 Å². The lowest BCUT2D eigenvalue weighted by Crippen LogP contribution is -2.37. The molecule has 0 aromatic heterocycles. The Labute approximate surface area is 180 Å². The van der Waals surface area contributed by atoms with Crippen molar-refractivity contribution < 1.29 is 0 Å². The fourth-order valence-electron chi connectivity index (χ4n) is 6.08. The molecule has 0 radical (unpaired) electrons. The topological polar surface area (TPSA) is 3.24 Å². The number of benzene rings is 3. The molecule has 6 rings (SSSR count). The Kier molecular flexibility index (Phi) is 4.05. The molecule has 1 fully saturated rings. The van der Waals surface area contributed by atoms with E-state index in [2.05, 4.69) is 97.6 Å². The van der Waals surface area contributed by atoms with Crippen LogP contribution < -0.4 is 0 Å².